The molecule has 168 valence electrons. The largest absolute Gasteiger partial charge is 0.573 e. The minimum Gasteiger partial charge on any atom is -0.466 e. The van der Waals surface area contributed by atoms with Gasteiger partial charge in [-0.1, -0.05) is 17.7 Å². The molecule has 1 amide bonds. The molecule has 2 aromatic rings. The maximum Gasteiger partial charge on any atom is 0.573 e. The molecular formula is C18H13ClF6N2O4. The van der Waals surface area contributed by atoms with E-state index in [0.717, 1.165) is 24.3 Å². The molecule has 0 spiro atoms. The zero-order valence-corrected chi connectivity index (χ0v) is 16.2. The molecule has 0 aliphatic heterocycles. The van der Waals surface area contributed by atoms with Crippen molar-refractivity contribution < 1.29 is 45.4 Å². The van der Waals surface area contributed by atoms with Crippen LogP contribution in [0.3, 0.4) is 0 Å². The lowest BCUT2D eigenvalue weighted by molar-refractivity contribution is -0.274. The number of hydrogen-bond acceptors (Lipinski definition) is 5. The first-order valence-electron chi connectivity index (χ1n) is 8.14. The Labute approximate surface area is 176 Å². The molecule has 0 saturated heterocycles. The molecule has 0 aliphatic rings. The number of esters is 1. The summed E-state index contributed by atoms with van der Waals surface area (Å²) in [5.41, 5.74) is -4.53. The van der Waals surface area contributed by atoms with Gasteiger partial charge in [0.05, 0.1) is 7.11 Å². The summed E-state index contributed by atoms with van der Waals surface area (Å²) in [7, 11) is 0.663. The number of methoxy groups -OCH3 is 1. The van der Waals surface area contributed by atoms with Gasteiger partial charge < -0.3 is 20.1 Å². The number of alkyl halides is 6. The standard InChI is InChI=1S/C18H13ClF6N2O4/c1-30-15(29)16(17(20,21)22,27-14(28)10-3-2-4-11(19)9-10)26-12-5-7-13(8-6-12)31-18(23,24)25/h2-9,26H,1H3,(H,27,28). The predicted octanol–water partition coefficient (Wildman–Crippen LogP) is 4.51. The van der Waals surface area contributed by atoms with E-state index in [2.05, 4.69) is 9.47 Å². The van der Waals surface area contributed by atoms with Crippen molar-refractivity contribution in [2.24, 2.45) is 0 Å². The van der Waals surface area contributed by atoms with Crippen molar-refractivity contribution in [3.63, 3.8) is 0 Å². The van der Waals surface area contributed by atoms with Crippen LogP contribution in [0, 0.1) is 0 Å². The van der Waals surface area contributed by atoms with Crippen LogP contribution in [0.2, 0.25) is 5.02 Å². The molecule has 6 nitrogen and oxygen atoms in total. The first kappa shape index (κ1) is 24.1. The molecule has 1 unspecified atom stereocenters. The van der Waals surface area contributed by atoms with E-state index in [1.165, 1.54) is 12.1 Å². The van der Waals surface area contributed by atoms with Crippen molar-refractivity contribution in [1.29, 1.82) is 0 Å². The third-order valence-corrected chi connectivity index (χ3v) is 3.96. The highest BCUT2D eigenvalue weighted by Gasteiger charge is 2.63. The number of anilines is 1. The van der Waals surface area contributed by atoms with Crippen LogP contribution in [0.4, 0.5) is 32.0 Å². The summed E-state index contributed by atoms with van der Waals surface area (Å²) in [6, 6.07) is 7.91. The van der Waals surface area contributed by atoms with Crippen LogP contribution in [0.5, 0.6) is 5.75 Å². The monoisotopic (exact) mass is 470 g/mol. The van der Waals surface area contributed by atoms with E-state index in [4.69, 9.17) is 11.6 Å². The molecule has 0 fully saturated rings. The average Bonchev–Trinajstić information content (AvgIpc) is 2.66. The van der Waals surface area contributed by atoms with Crippen molar-refractivity contribution in [2.75, 3.05) is 12.4 Å². The van der Waals surface area contributed by atoms with Gasteiger partial charge in [0.15, 0.2) is 0 Å². The van der Waals surface area contributed by atoms with Gasteiger partial charge in [0.25, 0.3) is 5.91 Å². The smallest absolute Gasteiger partial charge is 0.466 e. The van der Waals surface area contributed by atoms with Gasteiger partial charge in [0, 0.05) is 16.3 Å². The van der Waals surface area contributed by atoms with Crippen molar-refractivity contribution in [3.05, 3.63) is 59.1 Å². The van der Waals surface area contributed by atoms with Gasteiger partial charge >= 0.3 is 24.2 Å². The summed E-state index contributed by atoms with van der Waals surface area (Å²) >= 11 is 5.73. The zero-order valence-electron chi connectivity index (χ0n) is 15.4. The van der Waals surface area contributed by atoms with Crippen molar-refractivity contribution in [1.82, 2.24) is 5.32 Å². The molecule has 2 N–H and O–H groups in total. The highest BCUT2D eigenvalue weighted by Crippen LogP contribution is 2.34. The maximum atomic E-state index is 14.0. The number of halogens is 7. The Kier molecular flexibility index (Phi) is 6.94. The first-order chi connectivity index (χ1) is 14.3. The molecule has 1 atom stereocenters. The van der Waals surface area contributed by atoms with E-state index in [0.29, 0.717) is 19.2 Å². The van der Waals surface area contributed by atoms with E-state index < -0.39 is 41.5 Å². The van der Waals surface area contributed by atoms with E-state index in [-0.39, 0.29) is 10.6 Å². The van der Waals surface area contributed by atoms with Gasteiger partial charge in [-0.05, 0) is 42.5 Å². The Balaban J connectivity index is 2.42. The molecule has 31 heavy (non-hydrogen) atoms. The van der Waals surface area contributed by atoms with Gasteiger partial charge in [-0.3, -0.25) is 4.79 Å². The number of hydrogen-bond donors (Lipinski definition) is 2. The number of rotatable bonds is 6. The minimum atomic E-state index is -5.44. The number of amides is 1. The summed E-state index contributed by atoms with van der Waals surface area (Å²) in [4.78, 5) is 24.6. The molecule has 2 aromatic carbocycles. The van der Waals surface area contributed by atoms with Crippen LogP contribution < -0.4 is 15.4 Å². The summed E-state index contributed by atoms with van der Waals surface area (Å²) in [5.74, 6) is -3.96. The molecular weight excluding hydrogens is 458 g/mol. The lowest BCUT2D eigenvalue weighted by Crippen LogP contribution is -2.69. The maximum absolute atomic E-state index is 14.0. The fraction of sp³-hybridized carbons (Fsp3) is 0.222. The van der Waals surface area contributed by atoms with Gasteiger partial charge in [0.2, 0.25) is 0 Å². The van der Waals surface area contributed by atoms with Crippen LogP contribution in [0.15, 0.2) is 48.5 Å². The van der Waals surface area contributed by atoms with Crippen LogP contribution in [0.1, 0.15) is 10.4 Å². The molecule has 0 radical (unpaired) electrons. The third kappa shape index (κ3) is 5.94. The highest BCUT2D eigenvalue weighted by atomic mass is 35.5. The molecule has 0 saturated carbocycles. The highest BCUT2D eigenvalue weighted by molar-refractivity contribution is 6.31. The molecule has 0 bridgehead atoms. The third-order valence-electron chi connectivity index (χ3n) is 3.72. The molecule has 13 heteroatoms. The van der Waals surface area contributed by atoms with Crippen molar-refractivity contribution in [2.45, 2.75) is 18.2 Å². The molecule has 0 aliphatic carbocycles. The minimum absolute atomic E-state index is 0.0524. The number of benzene rings is 2. The summed E-state index contributed by atoms with van der Waals surface area (Å²) in [6.07, 6.45) is -10.4. The Bertz CT molecular complexity index is 949. The fourth-order valence-corrected chi connectivity index (χ4v) is 2.56. The molecule has 0 aromatic heterocycles. The van der Waals surface area contributed by atoms with Crippen molar-refractivity contribution in [3.8, 4) is 5.75 Å². The first-order valence-corrected chi connectivity index (χ1v) is 8.52. The number of nitrogens with one attached hydrogen (secondary N) is 2. The van der Waals surface area contributed by atoms with E-state index in [1.54, 1.807) is 10.6 Å². The van der Waals surface area contributed by atoms with Gasteiger partial charge in [-0.25, -0.2) is 4.79 Å². The normalized spacial score (nSPS) is 13.7. The number of ether oxygens (including phenoxy) is 2. The van der Waals surface area contributed by atoms with Crippen LogP contribution in [0.25, 0.3) is 0 Å². The Morgan fingerprint density at radius 1 is 0.968 bits per heavy atom. The zero-order chi connectivity index (χ0) is 23.4. The van der Waals surface area contributed by atoms with E-state index in [1.807, 2.05) is 0 Å². The molecule has 2 rings (SSSR count). The van der Waals surface area contributed by atoms with E-state index in [9.17, 15) is 35.9 Å². The Hall–Kier alpha value is -3.15. The quantitative estimate of drug-likeness (QED) is 0.369. The number of carbonyl (C=O) groups is 2. The molecule has 0 heterocycles. The second-order valence-corrected chi connectivity index (χ2v) is 6.34. The SMILES string of the molecule is COC(=O)C(NC(=O)c1cccc(Cl)c1)(Nc1ccc(OC(F)(F)F)cc1)C(F)(F)F. The summed E-state index contributed by atoms with van der Waals surface area (Å²) in [5, 5.41) is 3.39. The van der Waals surface area contributed by atoms with Gasteiger partial charge in [0.1, 0.15) is 5.75 Å². The summed E-state index contributed by atoms with van der Waals surface area (Å²) in [6.45, 7) is 0. The van der Waals surface area contributed by atoms with Crippen molar-refractivity contribution >= 4 is 29.2 Å². The van der Waals surface area contributed by atoms with Crippen LogP contribution >= 0.6 is 11.6 Å². The predicted molar refractivity (Wildman–Crippen MR) is 96.5 cm³/mol. The lowest BCUT2D eigenvalue weighted by Gasteiger charge is -2.35. The Morgan fingerprint density at radius 2 is 1.58 bits per heavy atom. The van der Waals surface area contributed by atoms with E-state index >= 15 is 0 Å². The lowest BCUT2D eigenvalue weighted by atomic mass is 10.1. The van der Waals surface area contributed by atoms with Gasteiger partial charge in [-0.15, -0.1) is 13.2 Å². The second-order valence-electron chi connectivity index (χ2n) is 5.90. The topological polar surface area (TPSA) is 76.7 Å². The van der Waals surface area contributed by atoms with Gasteiger partial charge in [-0.2, -0.15) is 13.2 Å². The average molecular weight is 471 g/mol. The van der Waals surface area contributed by atoms with Crippen LogP contribution in [-0.2, 0) is 9.53 Å². The Morgan fingerprint density at radius 3 is 2.06 bits per heavy atom. The van der Waals surface area contributed by atoms with Crippen LogP contribution in [-0.4, -0.2) is 37.2 Å². The fourth-order valence-electron chi connectivity index (χ4n) is 2.37. The number of carbonyl (C=O) groups excluding carboxylic acids is 2. The summed E-state index contributed by atoms with van der Waals surface area (Å²) < 4.78 is 86.5. The second kappa shape index (κ2) is 8.92.